The van der Waals surface area contributed by atoms with E-state index < -0.39 is 0 Å². The molecule has 0 bridgehead atoms. The van der Waals surface area contributed by atoms with Crippen molar-refractivity contribution in [1.29, 1.82) is 0 Å². The number of ether oxygens (including phenoxy) is 1. The van der Waals surface area contributed by atoms with Crippen LogP contribution in [0.15, 0.2) is 53.6 Å². The molecule has 1 fully saturated rings. The first-order valence-corrected chi connectivity index (χ1v) is 10.5. The number of pyridine rings is 1. The molecule has 1 saturated carbocycles. The normalized spacial score (nSPS) is 14.5. The molecule has 0 spiro atoms. The second kappa shape index (κ2) is 8.15. The van der Waals surface area contributed by atoms with E-state index in [9.17, 15) is 9.59 Å². The van der Waals surface area contributed by atoms with E-state index >= 15 is 0 Å². The molecule has 6 heteroatoms. The molecule has 30 heavy (non-hydrogen) atoms. The van der Waals surface area contributed by atoms with Crippen LogP contribution in [0.3, 0.4) is 0 Å². The fraction of sp³-hybridized carbons (Fsp3) is 0.333. The van der Waals surface area contributed by atoms with Crippen molar-refractivity contribution < 1.29 is 9.53 Å². The van der Waals surface area contributed by atoms with Crippen LogP contribution in [0.4, 0.5) is 0 Å². The third kappa shape index (κ3) is 3.94. The number of hydrogen-bond acceptors (Lipinski definition) is 3. The smallest absolute Gasteiger partial charge is 0.339 e. The van der Waals surface area contributed by atoms with Gasteiger partial charge < -0.3 is 13.9 Å². The zero-order valence-electron chi connectivity index (χ0n) is 17.4. The van der Waals surface area contributed by atoms with Gasteiger partial charge in [0.1, 0.15) is 0 Å². The van der Waals surface area contributed by atoms with Crippen molar-refractivity contribution >= 4 is 17.6 Å². The van der Waals surface area contributed by atoms with Crippen LogP contribution in [-0.2, 0) is 18.2 Å². The molecule has 5 nitrogen and oxygen atoms in total. The van der Waals surface area contributed by atoms with E-state index in [1.165, 1.54) is 7.11 Å². The molecule has 1 aliphatic rings. The summed E-state index contributed by atoms with van der Waals surface area (Å²) in [7, 11) is 3.18. The predicted octanol–water partition coefficient (Wildman–Crippen LogP) is 4.64. The van der Waals surface area contributed by atoms with Crippen molar-refractivity contribution in [3.8, 4) is 0 Å². The van der Waals surface area contributed by atoms with Crippen molar-refractivity contribution in [1.82, 2.24) is 9.13 Å². The van der Waals surface area contributed by atoms with Gasteiger partial charge in [0.25, 0.3) is 5.56 Å². The Morgan fingerprint density at radius 3 is 2.53 bits per heavy atom. The highest BCUT2D eigenvalue weighted by Crippen LogP contribution is 2.41. The molecule has 3 aromatic rings. The number of carbonyl (C=O) groups is 1. The van der Waals surface area contributed by atoms with Gasteiger partial charge in [0, 0.05) is 47.7 Å². The van der Waals surface area contributed by atoms with E-state index in [1.807, 2.05) is 55.7 Å². The van der Waals surface area contributed by atoms with Gasteiger partial charge in [-0.3, -0.25) is 4.79 Å². The third-order valence-electron chi connectivity index (χ3n) is 5.76. The van der Waals surface area contributed by atoms with Crippen LogP contribution in [0.5, 0.6) is 0 Å². The molecule has 0 aliphatic heterocycles. The van der Waals surface area contributed by atoms with Crippen molar-refractivity contribution in [3.05, 3.63) is 92.1 Å². The third-order valence-corrected chi connectivity index (χ3v) is 6.01. The summed E-state index contributed by atoms with van der Waals surface area (Å²) in [4.78, 5) is 24.7. The summed E-state index contributed by atoms with van der Waals surface area (Å²) in [6, 6.07) is 12.0. The topological polar surface area (TPSA) is 53.2 Å². The van der Waals surface area contributed by atoms with Crippen LogP contribution < -0.4 is 5.56 Å². The van der Waals surface area contributed by atoms with Gasteiger partial charge in [-0.25, -0.2) is 4.79 Å². The monoisotopic (exact) mass is 424 g/mol. The Kier molecular flexibility index (Phi) is 5.56. The molecule has 2 aromatic heterocycles. The van der Waals surface area contributed by atoms with Gasteiger partial charge in [-0.15, -0.1) is 0 Å². The fourth-order valence-corrected chi connectivity index (χ4v) is 4.28. The van der Waals surface area contributed by atoms with Gasteiger partial charge >= 0.3 is 5.97 Å². The standard InChI is InChI=1S/C24H25ClN2O3/c1-15-12-16(14-26(2)23(15)28)13-21(17-4-6-18(25)7-5-17)22-20(24(29)30-3)10-11-27(22)19-8-9-19/h4-7,10-12,14,19,21H,8-9,13H2,1-3H3. The summed E-state index contributed by atoms with van der Waals surface area (Å²) in [5.74, 6) is -0.413. The Bertz CT molecular complexity index is 1110. The molecule has 1 aliphatic carbocycles. The summed E-state index contributed by atoms with van der Waals surface area (Å²) in [5, 5.41) is 0.668. The Hall–Kier alpha value is -2.79. The minimum absolute atomic E-state index is 0.00148. The van der Waals surface area contributed by atoms with E-state index in [-0.39, 0.29) is 17.4 Å². The highest BCUT2D eigenvalue weighted by atomic mass is 35.5. The Balaban J connectivity index is 1.87. The van der Waals surface area contributed by atoms with Gasteiger partial charge in [0.15, 0.2) is 0 Å². The number of esters is 1. The first-order chi connectivity index (χ1) is 14.4. The van der Waals surface area contributed by atoms with E-state index in [2.05, 4.69) is 4.57 Å². The first-order valence-electron chi connectivity index (χ1n) is 10.1. The molecule has 1 atom stereocenters. The number of halogens is 1. The average molecular weight is 425 g/mol. The number of hydrogen-bond donors (Lipinski definition) is 0. The Labute approximate surface area is 180 Å². The van der Waals surface area contributed by atoms with Gasteiger partial charge in [0.05, 0.1) is 12.7 Å². The van der Waals surface area contributed by atoms with Crippen LogP contribution in [0.25, 0.3) is 0 Å². The van der Waals surface area contributed by atoms with Crippen molar-refractivity contribution in [2.45, 2.75) is 38.1 Å². The minimum Gasteiger partial charge on any atom is -0.465 e. The van der Waals surface area contributed by atoms with Crippen molar-refractivity contribution in [2.24, 2.45) is 7.05 Å². The molecule has 156 valence electrons. The van der Waals surface area contributed by atoms with Gasteiger partial charge in [0.2, 0.25) is 0 Å². The van der Waals surface area contributed by atoms with Crippen molar-refractivity contribution in [2.75, 3.05) is 7.11 Å². The van der Waals surface area contributed by atoms with Gasteiger partial charge in [-0.05, 0) is 61.6 Å². The molecule has 0 amide bonds. The second-order valence-corrected chi connectivity index (χ2v) is 8.44. The molecule has 1 aromatic carbocycles. The molecule has 2 heterocycles. The Morgan fingerprint density at radius 2 is 1.93 bits per heavy atom. The highest BCUT2D eigenvalue weighted by molar-refractivity contribution is 6.30. The van der Waals surface area contributed by atoms with E-state index in [0.717, 1.165) is 29.7 Å². The number of benzene rings is 1. The summed E-state index contributed by atoms with van der Waals surface area (Å²) in [6.45, 7) is 1.83. The number of carbonyl (C=O) groups excluding carboxylic acids is 1. The lowest BCUT2D eigenvalue weighted by Crippen LogP contribution is -2.21. The zero-order chi connectivity index (χ0) is 21.4. The fourth-order valence-electron chi connectivity index (χ4n) is 4.16. The van der Waals surface area contributed by atoms with Gasteiger partial charge in [-0.1, -0.05) is 23.7 Å². The maximum absolute atomic E-state index is 12.6. The predicted molar refractivity (Wildman–Crippen MR) is 117 cm³/mol. The van der Waals surface area contributed by atoms with Gasteiger partial charge in [-0.2, -0.15) is 0 Å². The number of aryl methyl sites for hydroxylation is 2. The van der Waals surface area contributed by atoms with E-state index in [1.54, 1.807) is 11.6 Å². The summed E-state index contributed by atoms with van der Waals surface area (Å²) in [6.07, 6.45) is 6.73. The number of aromatic nitrogens is 2. The van der Waals surface area contributed by atoms with Crippen LogP contribution in [0.2, 0.25) is 5.02 Å². The molecule has 4 rings (SSSR count). The lowest BCUT2D eigenvalue weighted by atomic mass is 9.87. The molecule has 0 saturated heterocycles. The molecular weight excluding hydrogens is 400 g/mol. The number of nitrogens with zero attached hydrogens (tertiary/aromatic N) is 2. The SMILES string of the molecule is COC(=O)c1ccn(C2CC2)c1C(Cc1cc(C)c(=O)n(C)c1)c1ccc(Cl)cc1. The van der Waals surface area contributed by atoms with E-state index in [0.29, 0.717) is 28.6 Å². The lowest BCUT2D eigenvalue weighted by molar-refractivity contribution is 0.0599. The zero-order valence-corrected chi connectivity index (χ0v) is 18.1. The van der Waals surface area contributed by atoms with Crippen LogP contribution >= 0.6 is 11.6 Å². The summed E-state index contributed by atoms with van der Waals surface area (Å²) >= 11 is 6.14. The number of rotatable bonds is 6. The molecule has 0 radical (unpaired) electrons. The average Bonchev–Trinajstić information content (AvgIpc) is 3.49. The maximum Gasteiger partial charge on any atom is 0.339 e. The molecule has 1 unspecified atom stereocenters. The lowest BCUT2D eigenvalue weighted by Gasteiger charge is -2.22. The van der Waals surface area contributed by atoms with Crippen LogP contribution in [0.1, 0.15) is 57.5 Å². The molecular formula is C24H25ClN2O3. The summed E-state index contributed by atoms with van der Waals surface area (Å²) < 4.78 is 8.92. The molecule has 0 N–H and O–H groups in total. The maximum atomic E-state index is 12.6. The summed E-state index contributed by atoms with van der Waals surface area (Å²) in [5.41, 5.74) is 4.35. The first kappa shape index (κ1) is 20.5. The van der Waals surface area contributed by atoms with E-state index in [4.69, 9.17) is 16.3 Å². The quantitative estimate of drug-likeness (QED) is 0.541. The second-order valence-electron chi connectivity index (χ2n) is 8.00. The highest BCUT2D eigenvalue weighted by Gasteiger charge is 2.32. The number of methoxy groups -OCH3 is 1. The largest absolute Gasteiger partial charge is 0.465 e. The minimum atomic E-state index is -0.333. The Morgan fingerprint density at radius 1 is 1.23 bits per heavy atom. The van der Waals surface area contributed by atoms with Crippen molar-refractivity contribution in [3.63, 3.8) is 0 Å². The van der Waals surface area contributed by atoms with Crippen LogP contribution in [0, 0.1) is 6.92 Å². The van der Waals surface area contributed by atoms with Crippen LogP contribution in [-0.4, -0.2) is 22.2 Å².